The first-order valence-corrected chi connectivity index (χ1v) is 9.99. The molecule has 0 unspecified atom stereocenters. The van der Waals surface area contributed by atoms with Gasteiger partial charge in [-0.1, -0.05) is 6.07 Å². The monoisotopic (exact) mass is 427 g/mol. The zero-order chi connectivity index (χ0) is 21.6. The van der Waals surface area contributed by atoms with E-state index in [1.54, 1.807) is 12.3 Å². The zero-order valence-corrected chi connectivity index (χ0v) is 16.4. The Hall–Kier alpha value is -3.46. The molecule has 1 aromatic carbocycles. The lowest BCUT2D eigenvalue weighted by Gasteiger charge is -2.21. The van der Waals surface area contributed by atoms with Crippen LogP contribution in [0.1, 0.15) is 16.8 Å². The number of fused-ring (bicyclic) bond motifs is 3. The van der Waals surface area contributed by atoms with Crippen LogP contribution in [0.5, 0.6) is 0 Å². The summed E-state index contributed by atoms with van der Waals surface area (Å²) in [6.07, 6.45) is 1.30. The van der Waals surface area contributed by atoms with Gasteiger partial charge < -0.3 is 15.7 Å². The van der Waals surface area contributed by atoms with Gasteiger partial charge in [-0.05, 0) is 48.9 Å². The molecule has 0 fully saturated rings. The highest BCUT2D eigenvalue weighted by Gasteiger charge is 2.34. The molecular weight excluding hydrogens is 407 g/mol. The number of nitrogens with one attached hydrogen (secondary N) is 4. The van der Waals surface area contributed by atoms with Crippen molar-refractivity contribution < 1.29 is 13.2 Å². The van der Waals surface area contributed by atoms with E-state index >= 15 is 0 Å². The minimum absolute atomic E-state index is 0.275. The second-order valence-corrected chi connectivity index (χ2v) is 7.59. The van der Waals surface area contributed by atoms with E-state index in [1.807, 2.05) is 18.2 Å². The Bertz CT molecular complexity index is 1280. The van der Waals surface area contributed by atoms with Crippen LogP contribution in [0.4, 0.5) is 13.2 Å². The van der Waals surface area contributed by atoms with Crippen LogP contribution in [0, 0.1) is 0 Å². The number of alkyl halides is 3. The maximum Gasteiger partial charge on any atom is 0.432 e. The number of hydrogen-bond acceptors (Lipinski definition) is 4. The quantitative estimate of drug-likeness (QED) is 0.508. The van der Waals surface area contributed by atoms with Gasteiger partial charge in [0.05, 0.1) is 11.4 Å². The Morgan fingerprint density at radius 3 is 2.55 bits per heavy atom. The van der Waals surface area contributed by atoms with Gasteiger partial charge in [0.25, 0.3) is 5.56 Å². The van der Waals surface area contributed by atoms with Crippen molar-refractivity contribution in [2.75, 3.05) is 13.1 Å². The molecule has 0 saturated carbocycles. The van der Waals surface area contributed by atoms with Crippen molar-refractivity contribution in [1.29, 1.82) is 0 Å². The van der Waals surface area contributed by atoms with Gasteiger partial charge in [0.15, 0.2) is 0 Å². The van der Waals surface area contributed by atoms with Gasteiger partial charge in [-0.15, -0.1) is 0 Å². The minimum atomic E-state index is -4.47. The van der Waals surface area contributed by atoms with Gasteiger partial charge in [-0.3, -0.25) is 14.8 Å². The Morgan fingerprint density at radius 1 is 0.968 bits per heavy atom. The molecule has 5 rings (SSSR count). The van der Waals surface area contributed by atoms with E-state index in [0.29, 0.717) is 11.3 Å². The molecule has 4 N–H and O–H groups in total. The molecule has 9 heteroatoms. The second kappa shape index (κ2) is 7.35. The number of hydrogen-bond donors (Lipinski definition) is 4. The molecule has 2 aliphatic rings. The maximum atomic E-state index is 12.8. The summed E-state index contributed by atoms with van der Waals surface area (Å²) in [7, 11) is 0. The highest BCUT2D eigenvalue weighted by molar-refractivity contribution is 5.86. The van der Waals surface area contributed by atoms with Gasteiger partial charge in [0.1, 0.15) is 5.70 Å². The first kappa shape index (κ1) is 19.5. The number of benzene rings is 1. The highest BCUT2D eigenvalue weighted by atomic mass is 19.4. The van der Waals surface area contributed by atoms with Crippen LogP contribution in [-0.4, -0.2) is 28.8 Å². The molecule has 6 nitrogen and oxygen atoms in total. The zero-order valence-electron chi connectivity index (χ0n) is 16.4. The van der Waals surface area contributed by atoms with E-state index in [1.165, 1.54) is 33.4 Å². The van der Waals surface area contributed by atoms with E-state index in [4.69, 9.17) is 0 Å². The summed E-state index contributed by atoms with van der Waals surface area (Å²) in [6, 6.07) is 8.98. The number of rotatable bonds is 2. The third-order valence-electron chi connectivity index (χ3n) is 5.64. The van der Waals surface area contributed by atoms with Crippen LogP contribution >= 0.6 is 0 Å². The highest BCUT2D eigenvalue weighted by Crippen LogP contribution is 2.27. The van der Waals surface area contributed by atoms with Gasteiger partial charge >= 0.3 is 6.18 Å². The van der Waals surface area contributed by atoms with Crippen molar-refractivity contribution in [3.8, 4) is 5.69 Å². The van der Waals surface area contributed by atoms with Gasteiger partial charge in [0, 0.05) is 47.4 Å². The molecule has 0 amide bonds. The van der Waals surface area contributed by atoms with Gasteiger partial charge in [-0.2, -0.15) is 13.2 Å². The van der Waals surface area contributed by atoms with Crippen LogP contribution in [0.25, 0.3) is 22.3 Å². The van der Waals surface area contributed by atoms with Crippen LogP contribution in [0.15, 0.2) is 59.2 Å². The van der Waals surface area contributed by atoms with Crippen molar-refractivity contribution in [2.45, 2.75) is 19.0 Å². The summed E-state index contributed by atoms with van der Waals surface area (Å²) in [5.41, 5.74) is 8.60. The van der Waals surface area contributed by atoms with Gasteiger partial charge in [-0.25, -0.2) is 0 Å². The van der Waals surface area contributed by atoms with Crippen LogP contribution in [0.3, 0.4) is 0 Å². The maximum absolute atomic E-state index is 12.8. The minimum Gasteiger partial charge on any atom is -0.358 e. The van der Waals surface area contributed by atoms with E-state index in [2.05, 4.69) is 21.2 Å². The fourth-order valence-electron chi connectivity index (χ4n) is 4.08. The molecular formula is C22H20F3N5O. The molecule has 0 atom stereocenters. The van der Waals surface area contributed by atoms with Crippen LogP contribution < -0.4 is 21.7 Å². The molecule has 2 aliphatic heterocycles. The Kier molecular flexibility index (Phi) is 4.62. The van der Waals surface area contributed by atoms with E-state index < -0.39 is 11.9 Å². The predicted octanol–water partition coefficient (Wildman–Crippen LogP) is 2.90. The Balaban J connectivity index is 1.47. The smallest absolute Gasteiger partial charge is 0.358 e. The third kappa shape index (κ3) is 3.61. The predicted molar refractivity (Wildman–Crippen MR) is 113 cm³/mol. The normalized spacial score (nSPS) is 16.6. The third-order valence-corrected chi connectivity index (χ3v) is 5.64. The summed E-state index contributed by atoms with van der Waals surface area (Å²) in [5, 5.41) is 4.56. The molecule has 4 heterocycles. The second-order valence-electron chi connectivity index (χ2n) is 7.59. The average molecular weight is 427 g/mol. The largest absolute Gasteiger partial charge is 0.432 e. The Morgan fingerprint density at radius 2 is 1.81 bits per heavy atom. The summed E-state index contributed by atoms with van der Waals surface area (Å²) in [5.74, 6) is 0. The number of aromatic nitrogens is 2. The van der Waals surface area contributed by atoms with E-state index in [0.717, 1.165) is 43.2 Å². The van der Waals surface area contributed by atoms with Crippen molar-refractivity contribution in [1.82, 2.24) is 25.7 Å². The molecule has 0 saturated heterocycles. The number of H-pyrrole nitrogens is 1. The van der Waals surface area contributed by atoms with Crippen LogP contribution in [-0.2, 0) is 12.8 Å². The average Bonchev–Trinajstić information content (AvgIpc) is 2.93. The fraction of sp³-hybridized carbons (Fsp3) is 0.227. The van der Waals surface area contributed by atoms with Crippen LogP contribution in [0.2, 0.25) is 0 Å². The molecule has 0 radical (unpaired) electrons. The lowest BCUT2D eigenvalue weighted by atomic mass is 10.1. The van der Waals surface area contributed by atoms with E-state index in [9.17, 15) is 18.0 Å². The molecule has 3 aromatic rings. The number of aromatic amines is 1. The number of nitrogens with zero attached hydrogens (tertiary/aromatic N) is 1. The lowest BCUT2D eigenvalue weighted by Crippen LogP contribution is -2.38. The number of hydrazine groups is 1. The molecule has 160 valence electrons. The van der Waals surface area contributed by atoms with Crippen molar-refractivity contribution in [3.63, 3.8) is 0 Å². The summed E-state index contributed by atoms with van der Waals surface area (Å²) in [4.78, 5) is 16.2. The molecule has 2 aromatic heterocycles. The molecule has 0 bridgehead atoms. The SMILES string of the molecule is O=c1cc(C2=CC=C(C(F)(F)F)NN2)ccn1-c1ccc2c3c([nH]c2c1)CCNCC3. The standard InChI is InChI=1S/C22H20F3N5O/c23-22(24,25)20-4-3-17(28-29-20)13-7-10-30(21(31)11-13)14-1-2-15-16-5-8-26-9-6-18(16)27-19(15)12-14/h1-4,7,10-12,26-29H,5-6,8-9H2. The van der Waals surface area contributed by atoms with Crippen molar-refractivity contribution >= 4 is 16.6 Å². The molecule has 0 aliphatic carbocycles. The topological polar surface area (TPSA) is 73.9 Å². The summed E-state index contributed by atoms with van der Waals surface area (Å²) in [6.45, 7) is 1.88. The summed E-state index contributed by atoms with van der Waals surface area (Å²) < 4.78 is 39.7. The molecule has 31 heavy (non-hydrogen) atoms. The van der Waals surface area contributed by atoms with E-state index in [-0.39, 0.29) is 5.56 Å². The lowest BCUT2D eigenvalue weighted by molar-refractivity contribution is -0.0977. The molecule has 0 spiro atoms. The van der Waals surface area contributed by atoms with Gasteiger partial charge in [0.2, 0.25) is 0 Å². The number of halogens is 3. The first-order valence-electron chi connectivity index (χ1n) is 9.99. The fourth-order valence-corrected chi connectivity index (χ4v) is 4.08. The number of allylic oxidation sites excluding steroid dienone is 3. The van der Waals surface area contributed by atoms with Crippen molar-refractivity contribution in [3.05, 3.63) is 81.6 Å². The number of pyridine rings is 1. The Labute approximate surface area is 175 Å². The van der Waals surface area contributed by atoms with Crippen molar-refractivity contribution in [2.24, 2.45) is 0 Å². The first-order chi connectivity index (χ1) is 14.9. The summed E-state index contributed by atoms with van der Waals surface area (Å²) >= 11 is 0.